The highest BCUT2D eigenvalue weighted by molar-refractivity contribution is 5.59. The number of hydrogen-bond acceptors (Lipinski definition) is 2. The van der Waals surface area contributed by atoms with Crippen molar-refractivity contribution in [1.29, 1.82) is 0 Å². The maximum Gasteiger partial charge on any atom is 0.207 e. The molecule has 0 saturated heterocycles. The van der Waals surface area contributed by atoms with Gasteiger partial charge in [-0.05, 0) is 31.4 Å². The molecule has 0 saturated carbocycles. The first-order valence-corrected chi connectivity index (χ1v) is 6.53. The predicted octanol–water partition coefficient (Wildman–Crippen LogP) is 4.04. The number of rotatable bonds is 4. The van der Waals surface area contributed by atoms with Crippen LogP contribution in [0.25, 0.3) is 0 Å². The van der Waals surface area contributed by atoms with Crippen LogP contribution in [0.15, 0.2) is 24.4 Å². The van der Waals surface area contributed by atoms with E-state index in [4.69, 9.17) is 0 Å². The van der Waals surface area contributed by atoms with Gasteiger partial charge < -0.3 is 9.88 Å². The van der Waals surface area contributed by atoms with Crippen molar-refractivity contribution in [2.45, 2.75) is 34.2 Å². The number of anilines is 2. The summed E-state index contributed by atoms with van der Waals surface area (Å²) in [5.74, 6) is 0.951. The van der Waals surface area contributed by atoms with Gasteiger partial charge in [-0.2, -0.15) is 0 Å². The topological polar surface area (TPSA) is 29.9 Å². The summed E-state index contributed by atoms with van der Waals surface area (Å²) in [5, 5.41) is 3.11. The van der Waals surface area contributed by atoms with Crippen LogP contribution in [0.2, 0.25) is 0 Å². The lowest BCUT2D eigenvalue weighted by molar-refractivity contribution is 0.527. The maximum absolute atomic E-state index is 13.8. The lowest BCUT2D eigenvalue weighted by Gasteiger charge is -2.13. The van der Waals surface area contributed by atoms with Crippen molar-refractivity contribution in [3.8, 4) is 0 Å². The molecule has 4 heteroatoms. The van der Waals surface area contributed by atoms with E-state index in [0.29, 0.717) is 17.6 Å². The van der Waals surface area contributed by atoms with Crippen LogP contribution in [0, 0.1) is 25.6 Å². The molecule has 2 aromatic rings. The summed E-state index contributed by atoms with van der Waals surface area (Å²) in [6.45, 7) is 8.97. The molecule has 2 rings (SSSR count). The fourth-order valence-corrected chi connectivity index (χ4v) is 2.08. The zero-order valence-electron chi connectivity index (χ0n) is 11.9. The van der Waals surface area contributed by atoms with Crippen molar-refractivity contribution in [2.24, 2.45) is 5.92 Å². The van der Waals surface area contributed by atoms with Crippen molar-refractivity contribution in [3.05, 3.63) is 41.5 Å². The largest absolute Gasteiger partial charge is 0.323 e. The van der Waals surface area contributed by atoms with E-state index < -0.39 is 0 Å². The van der Waals surface area contributed by atoms with Gasteiger partial charge in [0, 0.05) is 12.7 Å². The van der Waals surface area contributed by atoms with E-state index in [0.717, 1.165) is 17.8 Å². The van der Waals surface area contributed by atoms with Gasteiger partial charge in [0.1, 0.15) is 5.82 Å². The van der Waals surface area contributed by atoms with Crippen LogP contribution in [0.4, 0.5) is 16.0 Å². The van der Waals surface area contributed by atoms with Crippen LogP contribution in [0.5, 0.6) is 0 Å². The van der Waals surface area contributed by atoms with Gasteiger partial charge in [-0.3, -0.25) is 0 Å². The number of halogens is 1. The molecule has 0 radical (unpaired) electrons. The van der Waals surface area contributed by atoms with Gasteiger partial charge in [-0.1, -0.05) is 26.0 Å². The summed E-state index contributed by atoms with van der Waals surface area (Å²) >= 11 is 0. The summed E-state index contributed by atoms with van der Waals surface area (Å²) in [6.07, 6.45) is 1.98. The molecule has 19 heavy (non-hydrogen) atoms. The van der Waals surface area contributed by atoms with Gasteiger partial charge in [0.05, 0.1) is 11.4 Å². The molecule has 0 bridgehead atoms. The summed E-state index contributed by atoms with van der Waals surface area (Å²) < 4.78 is 15.9. The summed E-state index contributed by atoms with van der Waals surface area (Å²) in [5.41, 5.74) is 2.30. The smallest absolute Gasteiger partial charge is 0.207 e. The number of nitrogens with one attached hydrogen (secondary N) is 1. The highest BCUT2D eigenvalue weighted by atomic mass is 19.1. The lowest BCUT2D eigenvalue weighted by atomic mass is 10.2. The number of nitrogens with zero attached hydrogens (tertiary/aromatic N) is 2. The molecule has 0 aliphatic rings. The fraction of sp³-hybridized carbons (Fsp3) is 0.400. The Morgan fingerprint density at radius 2 is 2.05 bits per heavy atom. The normalized spacial score (nSPS) is 11.1. The quantitative estimate of drug-likeness (QED) is 0.900. The Balaban J connectivity index is 2.33. The first kappa shape index (κ1) is 13.6. The number of para-hydroxylation sites is 1. The van der Waals surface area contributed by atoms with Crippen molar-refractivity contribution in [3.63, 3.8) is 0 Å². The third kappa shape index (κ3) is 3.13. The summed E-state index contributed by atoms with van der Waals surface area (Å²) in [7, 11) is 0. The number of aryl methyl sites for hydroxylation is 2. The Labute approximate surface area is 113 Å². The Hall–Kier alpha value is -1.84. The number of imidazole rings is 1. The van der Waals surface area contributed by atoms with Gasteiger partial charge in [0.25, 0.3) is 0 Å². The van der Waals surface area contributed by atoms with E-state index in [9.17, 15) is 4.39 Å². The average Bonchev–Trinajstić information content (AvgIpc) is 2.63. The fourth-order valence-electron chi connectivity index (χ4n) is 2.08. The van der Waals surface area contributed by atoms with Crippen molar-refractivity contribution < 1.29 is 4.39 Å². The highest BCUT2D eigenvalue weighted by Gasteiger charge is 2.11. The van der Waals surface area contributed by atoms with Crippen LogP contribution in [0.1, 0.15) is 25.1 Å². The van der Waals surface area contributed by atoms with Crippen molar-refractivity contribution >= 4 is 11.6 Å². The Kier molecular flexibility index (Phi) is 3.88. The molecule has 0 spiro atoms. The summed E-state index contributed by atoms with van der Waals surface area (Å²) in [4.78, 5) is 4.43. The zero-order chi connectivity index (χ0) is 14.0. The molecule has 0 aliphatic carbocycles. The van der Waals surface area contributed by atoms with E-state index in [-0.39, 0.29) is 5.82 Å². The number of aromatic nitrogens is 2. The van der Waals surface area contributed by atoms with Crippen LogP contribution in [0.3, 0.4) is 0 Å². The molecule has 0 unspecified atom stereocenters. The maximum atomic E-state index is 13.8. The minimum Gasteiger partial charge on any atom is -0.323 e. The molecule has 1 N–H and O–H groups in total. The van der Waals surface area contributed by atoms with Crippen LogP contribution >= 0.6 is 0 Å². The monoisotopic (exact) mass is 261 g/mol. The SMILES string of the molecule is Cc1cn(CC(C)C)c(Nc2c(C)cccc2F)n1. The zero-order valence-corrected chi connectivity index (χ0v) is 11.9. The molecule has 0 amide bonds. The molecule has 0 aliphatic heterocycles. The number of benzene rings is 1. The van der Waals surface area contributed by atoms with Crippen molar-refractivity contribution in [2.75, 3.05) is 5.32 Å². The van der Waals surface area contributed by atoms with E-state index >= 15 is 0 Å². The number of hydrogen-bond donors (Lipinski definition) is 1. The van der Waals surface area contributed by atoms with E-state index in [1.165, 1.54) is 6.07 Å². The first-order valence-electron chi connectivity index (χ1n) is 6.53. The molecule has 0 fully saturated rings. The second kappa shape index (κ2) is 5.43. The third-order valence-corrected chi connectivity index (χ3v) is 2.92. The molecule has 1 heterocycles. The van der Waals surface area contributed by atoms with Gasteiger partial charge in [-0.25, -0.2) is 9.37 Å². The van der Waals surface area contributed by atoms with Gasteiger partial charge >= 0.3 is 0 Å². The van der Waals surface area contributed by atoms with Crippen molar-refractivity contribution in [1.82, 2.24) is 9.55 Å². The summed E-state index contributed by atoms with van der Waals surface area (Å²) in [6, 6.07) is 5.05. The molecular formula is C15H20FN3. The molecule has 1 aromatic carbocycles. The van der Waals surface area contributed by atoms with Crippen LogP contribution in [-0.2, 0) is 6.54 Å². The van der Waals surface area contributed by atoms with E-state index in [1.807, 2.05) is 30.7 Å². The molecule has 3 nitrogen and oxygen atoms in total. The van der Waals surface area contributed by atoms with Gasteiger partial charge in [0.2, 0.25) is 5.95 Å². The van der Waals surface area contributed by atoms with Gasteiger partial charge in [-0.15, -0.1) is 0 Å². The minimum absolute atomic E-state index is 0.253. The Morgan fingerprint density at radius 1 is 1.32 bits per heavy atom. The molecule has 102 valence electrons. The Bertz CT molecular complexity index is 553. The first-order chi connectivity index (χ1) is 8.97. The lowest BCUT2D eigenvalue weighted by Crippen LogP contribution is -2.08. The third-order valence-electron chi connectivity index (χ3n) is 2.92. The second-order valence-corrected chi connectivity index (χ2v) is 5.31. The molecule has 0 atom stereocenters. The highest BCUT2D eigenvalue weighted by Crippen LogP contribution is 2.23. The van der Waals surface area contributed by atoms with Gasteiger partial charge in [0.15, 0.2) is 0 Å². The Morgan fingerprint density at radius 3 is 2.68 bits per heavy atom. The average molecular weight is 261 g/mol. The van der Waals surface area contributed by atoms with Crippen LogP contribution in [-0.4, -0.2) is 9.55 Å². The predicted molar refractivity (Wildman–Crippen MR) is 76.2 cm³/mol. The van der Waals surface area contributed by atoms with E-state index in [2.05, 4.69) is 24.1 Å². The minimum atomic E-state index is -0.253. The molecular weight excluding hydrogens is 241 g/mol. The second-order valence-electron chi connectivity index (χ2n) is 5.31. The van der Waals surface area contributed by atoms with Crippen LogP contribution < -0.4 is 5.32 Å². The molecule has 1 aromatic heterocycles. The standard InChI is InChI=1S/C15H20FN3/c1-10(2)8-19-9-12(4)17-15(19)18-14-11(3)6-5-7-13(14)16/h5-7,9-10H,8H2,1-4H3,(H,17,18). The van der Waals surface area contributed by atoms with E-state index in [1.54, 1.807) is 6.07 Å².